The maximum absolute atomic E-state index is 12.0. The Bertz CT molecular complexity index is 1250. The fraction of sp³-hybridized carbons (Fsp3) is 0.538. The summed E-state index contributed by atoms with van der Waals surface area (Å²) in [5, 5.41) is 14.6. The lowest BCUT2D eigenvalue weighted by molar-refractivity contribution is 0.180. The number of hydrogen-bond acceptors (Lipinski definition) is 6. The molecule has 3 N–H and O–H groups in total. The summed E-state index contributed by atoms with van der Waals surface area (Å²) < 4.78 is 1.96. The molecule has 2 amide bonds. The third kappa shape index (κ3) is 3.77. The van der Waals surface area contributed by atoms with E-state index in [0.717, 1.165) is 73.0 Å². The van der Waals surface area contributed by atoms with Crippen LogP contribution < -0.4 is 11.1 Å². The van der Waals surface area contributed by atoms with E-state index >= 15 is 0 Å². The van der Waals surface area contributed by atoms with Crippen molar-refractivity contribution in [1.29, 1.82) is 0 Å². The highest BCUT2D eigenvalue weighted by atomic mass is 16.2. The van der Waals surface area contributed by atoms with E-state index in [2.05, 4.69) is 51.6 Å². The second kappa shape index (κ2) is 8.39. The molecule has 1 atom stereocenters. The Morgan fingerprint density at radius 1 is 1.26 bits per heavy atom. The molecule has 2 aromatic heterocycles. The number of nitrogens with one attached hydrogen (secondary N) is 1. The number of urea groups is 1. The minimum Gasteiger partial charge on any atom is -0.382 e. The number of piperidine rings is 1. The minimum atomic E-state index is -0.0552. The Morgan fingerprint density at radius 2 is 2.06 bits per heavy atom. The van der Waals surface area contributed by atoms with Crippen LogP contribution in [0, 0.1) is 11.3 Å². The summed E-state index contributed by atoms with van der Waals surface area (Å²) in [6.45, 7) is 5.72. The van der Waals surface area contributed by atoms with Gasteiger partial charge in [-0.05, 0) is 56.2 Å². The van der Waals surface area contributed by atoms with E-state index in [9.17, 15) is 4.79 Å². The van der Waals surface area contributed by atoms with Gasteiger partial charge in [-0.25, -0.2) is 14.3 Å². The predicted octanol–water partition coefficient (Wildman–Crippen LogP) is 3.26. The predicted molar refractivity (Wildman–Crippen MR) is 137 cm³/mol. The third-order valence-corrected chi connectivity index (χ3v) is 8.30. The lowest BCUT2D eigenvalue weighted by atomic mass is 9.79. The van der Waals surface area contributed by atoms with E-state index in [0.29, 0.717) is 11.7 Å². The van der Waals surface area contributed by atoms with Gasteiger partial charge in [-0.15, -0.1) is 0 Å². The molecule has 4 aliphatic rings. The van der Waals surface area contributed by atoms with E-state index in [1.54, 1.807) is 7.05 Å². The summed E-state index contributed by atoms with van der Waals surface area (Å²) in [4.78, 5) is 18.2. The van der Waals surface area contributed by atoms with Crippen molar-refractivity contribution in [2.75, 3.05) is 39.0 Å². The highest BCUT2D eigenvalue weighted by Crippen LogP contribution is 2.40. The zero-order valence-electron chi connectivity index (χ0n) is 20.6. The molecule has 1 saturated carbocycles. The van der Waals surface area contributed by atoms with Gasteiger partial charge >= 0.3 is 6.03 Å². The van der Waals surface area contributed by atoms with Crippen LogP contribution in [0.3, 0.4) is 0 Å². The Morgan fingerprint density at radius 3 is 2.77 bits per heavy atom. The molecule has 4 heterocycles. The van der Waals surface area contributed by atoms with E-state index < -0.39 is 0 Å². The maximum Gasteiger partial charge on any atom is 0.317 e. The van der Waals surface area contributed by atoms with E-state index in [1.807, 2.05) is 9.42 Å². The van der Waals surface area contributed by atoms with Gasteiger partial charge in [-0.1, -0.05) is 18.6 Å². The first-order valence-corrected chi connectivity index (χ1v) is 12.8. The van der Waals surface area contributed by atoms with Crippen LogP contribution in [-0.4, -0.2) is 69.5 Å². The number of carbonyl (C=O) groups excluding carboxylic acids is 1. The van der Waals surface area contributed by atoms with E-state index in [4.69, 9.17) is 10.8 Å². The smallest absolute Gasteiger partial charge is 0.317 e. The molecule has 0 radical (unpaired) electrons. The fourth-order valence-electron chi connectivity index (χ4n) is 5.95. The normalized spacial score (nSPS) is 24.9. The van der Waals surface area contributed by atoms with Crippen molar-refractivity contribution in [3.8, 4) is 0 Å². The van der Waals surface area contributed by atoms with Crippen LogP contribution in [-0.2, 0) is 0 Å². The highest BCUT2D eigenvalue weighted by molar-refractivity contribution is 6.11. The van der Waals surface area contributed by atoms with Gasteiger partial charge in [-0.2, -0.15) is 10.2 Å². The Kier molecular flexibility index (Phi) is 5.30. The first-order valence-electron chi connectivity index (χ1n) is 12.8. The number of nitrogen functional groups attached to an aromatic ring is 1. The van der Waals surface area contributed by atoms with Gasteiger partial charge in [0.1, 0.15) is 11.8 Å². The average molecular weight is 475 g/mol. The molecule has 0 spiro atoms. The average Bonchev–Trinajstić information content (AvgIpc) is 3.39. The number of carbonyl (C=O) groups is 1. The van der Waals surface area contributed by atoms with Gasteiger partial charge in [0.15, 0.2) is 5.82 Å². The molecule has 1 unspecified atom stereocenters. The van der Waals surface area contributed by atoms with Crippen LogP contribution in [0.4, 0.5) is 10.6 Å². The monoisotopic (exact) mass is 474 g/mol. The Balaban J connectivity index is 1.33. The molecule has 35 heavy (non-hydrogen) atoms. The van der Waals surface area contributed by atoms with Crippen LogP contribution in [0.5, 0.6) is 0 Å². The number of nitrogens with zero attached hydrogens (tertiary/aromatic N) is 6. The van der Waals surface area contributed by atoms with E-state index in [1.165, 1.54) is 25.6 Å². The fourth-order valence-corrected chi connectivity index (χ4v) is 5.95. The lowest BCUT2D eigenvalue weighted by Gasteiger charge is -2.31. The Hall–Kier alpha value is -3.36. The number of fused-ring (bicyclic) bond motifs is 2. The number of aromatic nitrogens is 3. The largest absolute Gasteiger partial charge is 0.382 e. The molecule has 0 aromatic carbocycles. The summed E-state index contributed by atoms with van der Waals surface area (Å²) in [6.07, 6.45) is 14.0. The summed E-state index contributed by atoms with van der Waals surface area (Å²) in [5.41, 5.74) is 11.6. The van der Waals surface area contributed by atoms with Crippen molar-refractivity contribution in [2.24, 2.45) is 16.4 Å². The van der Waals surface area contributed by atoms with Crippen LogP contribution in [0.2, 0.25) is 0 Å². The second-order valence-electron chi connectivity index (χ2n) is 10.7. The number of likely N-dealkylation sites (tertiary alicyclic amines) is 1. The molecule has 2 aliphatic carbocycles. The zero-order chi connectivity index (χ0) is 24.2. The highest BCUT2D eigenvalue weighted by Gasteiger charge is 2.39. The van der Waals surface area contributed by atoms with Crippen molar-refractivity contribution >= 4 is 28.7 Å². The summed E-state index contributed by atoms with van der Waals surface area (Å²) in [5.74, 6) is 1.57. The molecule has 2 aromatic rings. The van der Waals surface area contributed by atoms with Crippen LogP contribution in [0.1, 0.15) is 56.2 Å². The van der Waals surface area contributed by atoms with Crippen molar-refractivity contribution in [1.82, 2.24) is 29.8 Å². The van der Waals surface area contributed by atoms with Crippen LogP contribution >= 0.6 is 0 Å². The molecule has 9 nitrogen and oxygen atoms in total. The minimum absolute atomic E-state index is 0.0139. The number of hydrogen-bond donors (Lipinski definition) is 2. The topological polar surface area (TPSA) is 104 Å². The number of allylic oxidation sites excluding steroid dienone is 3. The maximum atomic E-state index is 12.0. The number of hydrazone groups is 1. The van der Waals surface area contributed by atoms with Crippen LogP contribution in [0.15, 0.2) is 35.7 Å². The first kappa shape index (κ1) is 22.1. The van der Waals surface area contributed by atoms with Gasteiger partial charge < -0.3 is 16.0 Å². The van der Waals surface area contributed by atoms with Crippen molar-refractivity contribution in [3.05, 3.63) is 41.9 Å². The van der Waals surface area contributed by atoms with Gasteiger partial charge in [0, 0.05) is 49.3 Å². The van der Waals surface area contributed by atoms with E-state index in [-0.39, 0.29) is 11.4 Å². The molecule has 2 fully saturated rings. The first-order chi connectivity index (χ1) is 16.9. The quantitative estimate of drug-likeness (QED) is 0.708. The van der Waals surface area contributed by atoms with Gasteiger partial charge in [0.25, 0.3) is 0 Å². The van der Waals surface area contributed by atoms with Gasteiger partial charge in [-0.3, -0.25) is 5.01 Å². The van der Waals surface area contributed by atoms with Crippen LogP contribution in [0.25, 0.3) is 11.1 Å². The zero-order valence-corrected chi connectivity index (χ0v) is 20.6. The lowest BCUT2D eigenvalue weighted by Crippen LogP contribution is -2.42. The Labute approximate surface area is 205 Å². The number of amides is 2. The molecule has 9 heteroatoms. The summed E-state index contributed by atoms with van der Waals surface area (Å²) in [7, 11) is 1.68. The van der Waals surface area contributed by atoms with Gasteiger partial charge in [0.05, 0.1) is 12.3 Å². The summed E-state index contributed by atoms with van der Waals surface area (Å²) >= 11 is 0. The molecule has 2 aliphatic heterocycles. The molecule has 6 rings (SSSR count). The van der Waals surface area contributed by atoms with Crippen molar-refractivity contribution in [3.63, 3.8) is 0 Å². The van der Waals surface area contributed by atoms with Gasteiger partial charge in [0.2, 0.25) is 0 Å². The number of anilines is 1. The summed E-state index contributed by atoms with van der Waals surface area (Å²) in [6, 6.07) is 2.21. The molecular formula is C26H34N8O. The SMILES string of the molecule is CNC(=O)N1CCC(c2cc(C3=CC4=NN(CC5CCC5)CC4(C)C=C3)c3c(N)ncnn23)CC1. The molecule has 1 saturated heterocycles. The van der Waals surface area contributed by atoms with Crippen molar-refractivity contribution < 1.29 is 4.79 Å². The molecular weight excluding hydrogens is 440 g/mol. The standard InChI is InChI=1S/C26H34N8O/c1-26-9-6-19(12-22(26)31-33(15-26)14-17-4-3-5-17)20-13-21(34-23(20)24(27)29-16-30-34)18-7-10-32(11-8-18)25(35)28-2/h6,9,12-13,16-18H,3-5,7-8,10-11,14-15H2,1-2H3,(H,28,35)(H2,27,29,30). The number of rotatable bonds is 4. The second-order valence-corrected chi connectivity index (χ2v) is 10.7. The third-order valence-electron chi connectivity index (χ3n) is 8.30. The molecule has 0 bridgehead atoms. The number of nitrogens with two attached hydrogens (primary N) is 1. The van der Waals surface area contributed by atoms with Crippen molar-refractivity contribution in [2.45, 2.75) is 44.9 Å². The molecule has 184 valence electrons.